The summed E-state index contributed by atoms with van der Waals surface area (Å²) in [6.07, 6.45) is 3.06. The third kappa shape index (κ3) is 10.0. The summed E-state index contributed by atoms with van der Waals surface area (Å²) in [4.78, 5) is 18.9. The van der Waals surface area contributed by atoms with Gasteiger partial charge in [-0.15, -0.1) is 0 Å². The number of aliphatic imine (C=N–C) groups is 1. The van der Waals surface area contributed by atoms with E-state index in [2.05, 4.69) is 55.5 Å². The van der Waals surface area contributed by atoms with Gasteiger partial charge in [0.15, 0.2) is 12.6 Å². The first-order valence-electron chi connectivity index (χ1n) is 11.7. The van der Waals surface area contributed by atoms with Gasteiger partial charge in [-0.2, -0.15) is 0 Å². The third-order valence-electron chi connectivity index (χ3n) is 5.24. The van der Waals surface area contributed by atoms with Crippen molar-refractivity contribution in [1.29, 1.82) is 0 Å². The van der Waals surface area contributed by atoms with Crippen LogP contribution in [0.15, 0.2) is 29.3 Å². The van der Waals surface area contributed by atoms with Crippen molar-refractivity contribution < 1.29 is 9.53 Å². The molecule has 0 atom stereocenters. The van der Waals surface area contributed by atoms with E-state index in [1.165, 1.54) is 5.56 Å². The fraction of sp³-hybridized carbons (Fsp3) is 0.667. The molecular formula is C24H41N5O2. The van der Waals surface area contributed by atoms with Crippen LogP contribution in [-0.4, -0.2) is 67.7 Å². The van der Waals surface area contributed by atoms with Crippen LogP contribution in [0.3, 0.4) is 0 Å². The summed E-state index contributed by atoms with van der Waals surface area (Å²) in [5.74, 6) is 1.53. The Labute approximate surface area is 188 Å². The molecule has 31 heavy (non-hydrogen) atoms. The van der Waals surface area contributed by atoms with Crippen LogP contribution in [0.25, 0.3) is 0 Å². The average molecular weight is 432 g/mol. The summed E-state index contributed by atoms with van der Waals surface area (Å²) >= 11 is 0. The molecule has 0 spiro atoms. The van der Waals surface area contributed by atoms with Gasteiger partial charge in [-0.1, -0.05) is 12.1 Å². The zero-order chi connectivity index (χ0) is 22.6. The molecule has 7 nitrogen and oxygen atoms in total. The van der Waals surface area contributed by atoms with Crippen molar-refractivity contribution in [1.82, 2.24) is 20.9 Å². The number of guanidine groups is 1. The summed E-state index contributed by atoms with van der Waals surface area (Å²) in [5.41, 5.74) is 1.21. The van der Waals surface area contributed by atoms with E-state index in [0.717, 1.165) is 57.2 Å². The molecule has 0 saturated heterocycles. The molecule has 1 aromatic carbocycles. The second kappa shape index (κ2) is 13.2. The van der Waals surface area contributed by atoms with Gasteiger partial charge in [-0.05, 0) is 71.6 Å². The lowest BCUT2D eigenvalue weighted by atomic mass is 10.1. The Morgan fingerprint density at radius 2 is 1.81 bits per heavy atom. The van der Waals surface area contributed by atoms with Crippen molar-refractivity contribution in [2.24, 2.45) is 4.99 Å². The number of nitrogens with one attached hydrogen (secondary N) is 3. The minimum atomic E-state index is -0.0454. The van der Waals surface area contributed by atoms with Crippen LogP contribution in [0.5, 0.6) is 5.75 Å². The lowest BCUT2D eigenvalue weighted by molar-refractivity contribution is -0.123. The maximum atomic E-state index is 11.7. The SMILES string of the molecule is CCNC(=NCCN(C(C)C)C(C)C)NCCc1ccc(OCC(=O)NC2CC2)cc1. The molecular weight excluding hydrogens is 390 g/mol. The highest BCUT2D eigenvalue weighted by Crippen LogP contribution is 2.18. The van der Waals surface area contributed by atoms with E-state index in [1.54, 1.807) is 0 Å². The van der Waals surface area contributed by atoms with E-state index >= 15 is 0 Å². The number of hydrogen-bond donors (Lipinski definition) is 3. The van der Waals surface area contributed by atoms with E-state index in [9.17, 15) is 4.79 Å². The Balaban J connectivity index is 1.72. The third-order valence-corrected chi connectivity index (χ3v) is 5.24. The lowest BCUT2D eigenvalue weighted by Crippen LogP contribution is -2.41. The number of carbonyl (C=O) groups excluding carboxylic acids is 1. The van der Waals surface area contributed by atoms with Crippen LogP contribution >= 0.6 is 0 Å². The van der Waals surface area contributed by atoms with Gasteiger partial charge in [-0.3, -0.25) is 14.7 Å². The molecule has 1 amide bonds. The van der Waals surface area contributed by atoms with Crippen LogP contribution in [0, 0.1) is 0 Å². The topological polar surface area (TPSA) is 78.0 Å². The zero-order valence-electron chi connectivity index (χ0n) is 19.9. The Hall–Kier alpha value is -2.28. The number of benzene rings is 1. The predicted molar refractivity (Wildman–Crippen MR) is 128 cm³/mol. The molecule has 2 rings (SSSR count). The molecule has 1 aliphatic rings. The molecule has 0 bridgehead atoms. The molecule has 0 aromatic heterocycles. The molecule has 0 unspecified atom stereocenters. The molecule has 1 saturated carbocycles. The molecule has 1 fully saturated rings. The molecule has 174 valence electrons. The first-order valence-corrected chi connectivity index (χ1v) is 11.7. The van der Waals surface area contributed by atoms with Crippen molar-refractivity contribution in [3.8, 4) is 5.75 Å². The summed E-state index contributed by atoms with van der Waals surface area (Å²) in [7, 11) is 0. The van der Waals surface area contributed by atoms with Gasteiger partial charge in [0.2, 0.25) is 0 Å². The Bertz CT molecular complexity index is 676. The largest absolute Gasteiger partial charge is 0.484 e. The van der Waals surface area contributed by atoms with Gasteiger partial charge in [0, 0.05) is 37.8 Å². The van der Waals surface area contributed by atoms with Crippen LogP contribution in [0.4, 0.5) is 0 Å². The second-order valence-corrected chi connectivity index (χ2v) is 8.64. The molecule has 3 N–H and O–H groups in total. The van der Waals surface area contributed by atoms with Crippen LogP contribution in [0.1, 0.15) is 53.0 Å². The van der Waals surface area contributed by atoms with E-state index in [1.807, 2.05) is 24.3 Å². The summed E-state index contributed by atoms with van der Waals surface area (Å²) < 4.78 is 5.56. The van der Waals surface area contributed by atoms with Crippen LogP contribution < -0.4 is 20.7 Å². The summed E-state index contributed by atoms with van der Waals surface area (Å²) in [5, 5.41) is 9.66. The van der Waals surface area contributed by atoms with Gasteiger partial charge in [0.05, 0.1) is 6.54 Å². The van der Waals surface area contributed by atoms with E-state index < -0.39 is 0 Å². The van der Waals surface area contributed by atoms with Crippen LogP contribution in [0.2, 0.25) is 0 Å². The maximum absolute atomic E-state index is 11.7. The Kier molecular flexibility index (Phi) is 10.6. The molecule has 0 radical (unpaired) electrons. The van der Waals surface area contributed by atoms with E-state index in [4.69, 9.17) is 9.73 Å². The molecule has 1 aromatic rings. The first-order chi connectivity index (χ1) is 14.9. The smallest absolute Gasteiger partial charge is 0.258 e. The highest BCUT2D eigenvalue weighted by atomic mass is 16.5. The van der Waals surface area contributed by atoms with Gasteiger partial charge >= 0.3 is 0 Å². The molecule has 1 aliphatic carbocycles. The minimum absolute atomic E-state index is 0.0454. The normalized spacial score (nSPS) is 14.3. The van der Waals surface area contributed by atoms with Crippen molar-refractivity contribution in [3.63, 3.8) is 0 Å². The number of ether oxygens (including phenoxy) is 1. The number of nitrogens with zero attached hydrogens (tertiary/aromatic N) is 2. The summed E-state index contributed by atoms with van der Waals surface area (Å²) in [6.45, 7) is 14.4. The van der Waals surface area contributed by atoms with Crippen molar-refractivity contribution >= 4 is 11.9 Å². The van der Waals surface area contributed by atoms with Gasteiger partial charge < -0.3 is 20.7 Å². The highest BCUT2D eigenvalue weighted by Gasteiger charge is 2.23. The zero-order valence-corrected chi connectivity index (χ0v) is 19.9. The minimum Gasteiger partial charge on any atom is -0.484 e. The fourth-order valence-corrected chi connectivity index (χ4v) is 3.46. The van der Waals surface area contributed by atoms with Crippen molar-refractivity contribution in [2.45, 2.75) is 72.0 Å². The predicted octanol–water partition coefficient (Wildman–Crippen LogP) is 2.56. The maximum Gasteiger partial charge on any atom is 0.258 e. The Morgan fingerprint density at radius 1 is 1.13 bits per heavy atom. The molecule has 7 heteroatoms. The number of amides is 1. The van der Waals surface area contributed by atoms with Gasteiger partial charge in [0.25, 0.3) is 5.91 Å². The average Bonchev–Trinajstić information content (AvgIpc) is 3.54. The van der Waals surface area contributed by atoms with Gasteiger partial charge in [0.1, 0.15) is 5.75 Å². The standard InChI is InChI=1S/C24H41N5O2/c1-6-25-24(27-15-16-29(18(2)3)19(4)5)26-14-13-20-7-11-22(12-8-20)31-17-23(30)28-21-9-10-21/h7-8,11-12,18-19,21H,6,9-10,13-17H2,1-5H3,(H,28,30)(H2,25,26,27). The quantitative estimate of drug-likeness (QED) is 0.331. The number of carbonyl (C=O) groups is 1. The van der Waals surface area contributed by atoms with Crippen molar-refractivity contribution in [3.05, 3.63) is 29.8 Å². The number of rotatable bonds is 13. The fourth-order valence-electron chi connectivity index (χ4n) is 3.46. The molecule has 0 heterocycles. The highest BCUT2D eigenvalue weighted by molar-refractivity contribution is 5.79. The second-order valence-electron chi connectivity index (χ2n) is 8.64. The summed E-state index contributed by atoms with van der Waals surface area (Å²) in [6, 6.07) is 9.34. The lowest BCUT2D eigenvalue weighted by Gasteiger charge is -2.29. The molecule has 0 aliphatic heterocycles. The monoisotopic (exact) mass is 431 g/mol. The Morgan fingerprint density at radius 3 is 2.39 bits per heavy atom. The first kappa shape index (κ1) is 25.0. The van der Waals surface area contributed by atoms with E-state index in [0.29, 0.717) is 18.1 Å². The van der Waals surface area contributed by atoms with Crippen molar-refractivity contribution in [2.75, 3.05) is 32.8 Å². The van der Waals surface area contributed by atoms with E-state index in [-0.39, 0.29) is 12.5 Å². The number of hydrogen-bond acceptors (Lipinski definition) is 4. The van der Waals surface area contributed by atoms with Gasteiger partial charge in [-0.25, -0.2) is 0 Å². The van der Waals surface area contributed by atoms with Crippen LogP contribution in [-0.2, 0) is 11.2 Å².